The van der Waals surface area contributed by atoms with Gasteiger partial charge in [-0.05, 0) is 32.1 Å². The third kappa shape index (κ3) is 3.28. The molecular formula is C11H23NO. The second kappa shape index (κ2) is 3.25. The van der Waals surface area contributed by atoms with Gasteiger partial charge in [0, 0.05) is 13.1 Å². The maximum absolute atomic E-state index is 5.73. The molecule has 13 heavy (non-hydrogen) atoms. The minimum atomic E-state index is -0.0388. The van der Waals surface area contributed by atoms with Crippen molar-refractivity contribution in [2.75, 3.05) is 13.1 Å². The summed E-state index contributed by atoms with van der Waals surface area (Å²) in [7, 11) is 0. The van der Waals surface area contributed by atoms with Crippen LogP contribution in [0.25, 0.3) is 0 Å². The number of hydrogen-bond acceptors (Lipinski definition) is 2. The Kier molecular flexibility index (Phi) is 2.75. The number of rotatable bonds is 1. The molecule has 0 unspecified atom stereocenters. The van der Waals surface area contributed by atoms with Crippen molar-refractivity contribution in [3.8, 4) is 0 Å². The predicted molar refractivity (Wildman–Crippen MR) is 55.4 cm³/mol. The maximum Gasteiger partial charge on any atom is 0.0815 e. The summed E-state index contributed by atoms with van der Waals surface area (Å²) in [5.41, 5.74) is 0.389. The van der Waals surface area contributed by atoms with Crippen LogP contribution >= 0.6 is 0 Å². The molecule has 78 valence electrons. The van der Waals surface area contributed by atoms with E-state index in [1.165, 1.54) is 0 Å². The van der Waals surface area contributed by atoms with E-state index in [9.17, 15) is 0 Å². The number of hydroxylamine groups is 2. The Balaban J connectivity index is 2.27. The van der Waals surface area contributed by atoms with Crippen LogP contribution in [0.3, 0.4) is 0 Å². The fourth-order valence-electron chi connectivity index (χ4n) is 1.45. The summed E-state index contributed by atoms with van der Waals surface area (Å²) in [6.45, 7) is 15.3. The second-order valence-corrected chi connectivity index (χ2v) is 6.11. The molecule has 1 heterocycles. The molecule has 1 fully saturated rings. The number of hydrogen-bond donors (Lipinski definition) is 0. The van der Waals surface area contributed by atoms with Gasteiger partial charge in [0.1, 0.15) is 0 Å². The molecule has 0 radical (unpaired) electrons. The monoisotopic (exact) mass is 185 g/mol. The van der Waals surface area contributed by atoms with Crippen LogP contribution in [0.15, 0.2) is 0 Å². The lowest BCUT2D eigenvalue weighted by molar-refractivity contribution is -0.285. The summed E-state index contributed by atoms with van der Waals surface area (Å²) in [6.07, 6.45) is 0. The Labute approximate surface area is 82.2 Å². The molecule has 1 aliphatic heterocycles. The Bertz CT molecular complexity index is 170. The van der Waals surface area contributed by atoms with E-state index in [0.29, 0.717) is 5.41 Å². The zero-order chi connectivity index (χ0) is 10.3. The molecule has 1 aliphatic rings. The minimum Gasteiger partial charge on any atom is -0.293 e. The molecule has 0 atom stereocenters. The molecule has 0 aromatic heterocycles. The van der Waals surface area contributed by atoms with Gasteiger partial charge in [-0.15, -0.1) is 0 Å². The molecule has 2 nitrogen and oxygen atoms in total. The Morgan fingerprint density at radius 2 is 1.46 bits per heavy atom. The molecule has 2 heteroatoms. The van der Waals surface area contributed by atoms with E-state index in [2.05, 4.69) is 46.6 Å². The third-order valence-electron chi connectivity index (χ3n) is 2.48. The van der Waals surface area contributed by atoms with E-state index in [1.54, 1.807) is 0 Å². The van der Waals surface area contributed by atoms with Crippen molar-refractivity contribution >= 4 is 0 Å². The standard InChI is InChI=1S/C11H23NO/c1-10(2,3)9-7-12(8-9)13-11(4,5)6/h9H,7-8H2,1-6H3. The van der Waals surface area contributed by atoms with E-state index in [1.807, 2.05) is 0 Å². The SMILES string of the molecule is CC(C)(C)ON1CC(C(C)(C)C)C1. The fourth-order valence-corrected chi connectivity index (χ4v) is 1.45. The largest absolute Gasteiger partial charge is 0.293 e. The third-order valence-corrected chi connectivity index (χ3v) is 2.48. The van der Waals surface area contributed by atoms with E-state index in [-0.39, 0.29) is 5.60 Å². The topological polar surface area (TPSA) is 12.5 Å². The van der Waals surface area contributed by atoms with Crippen LogP contribution in [0.1, 0.15) is 41.5 Å². The van der Waals surface area contributed by atoms with Crippen molar-refractivity contribution in [3.05, 3.63) is 0 Å². The molecule has 0 bridgehead atoms. The van der Waals surface area contributed by atoms with Crippen molar-refractivity contribution in [2.45, 2.75) is 47.1 Å². The van der Waals surface area contributed by atoms with Gasteiger partial charge in [0.2, 0.25) is 0 Å². The molecule has 0 aromatic rings. The summed E-state index contributed by atoms with van der Waals surface area (Å²) in [6, 6.07) is 0. The molecule has 0 saturated carbocycles. The first-order chi connectivity index (χ1) is 5.68. The highest BCUT2D eigenvalue weighted by molar-refractivity contribution is 4.85. The van der Waals surface area contributed by atoms with Gasteiger partial charge in [-0.25, -0.2) is 0 Å². The molecule has 0 aromatic carbocycles. The average Bonchev–Trinajstić information content (AvgIpc) is 1.71. The van der Waals surface area contributed by atoms with Crippen LogP contribution < -0.4 is 0 Å². The Hall–Kier alpha value is -0.0800. The van der Waals surface area contributed by atoms with E-state index < -0.39 is 0 Å². The van der Waals surface area contributed by atoms with Gasteiger partial charge in [-0.3, -0.25) is 4.84 Å². The molecular weight excluding hydrogens is 162 g/mol. The van der Waals surface area contributed by atoms with E-state index >= 15 is 0 Å². The van der Waals surface area contributed by atoms with Gasteiger partial charge in [0.25, 0.3) is 0 Å². The lowest BCUT2D eigenvalue weighted by Crippen LogP contribution is -2.54. The number of nitrogens with zero attached hydrogens (tertiary/aromatic N) is 1. The van der Waals surface area contributed by atoms with Gasteiger partial charge in [0.15, 0.2) is 0 Å². The van der Waals surface area contributed by atoms with Crippen molar-refractivity contribution in [1.82, 2.24) is 5.06 Å². The van der Waals surface area contributed by atoms with Crippen LogP contribution in [0.4, 0.5) is 0 Å². The summed E-state index contributed by atoms with van der Waals surface area (Å²) >= 11 is 0. The van der Waals surface area contributed by atoms with Crippen LogP contribution in [-0.2, 0) is 4.84 Å². The van der Waals surface area contributed by atoms with Gasteiger partial charge in [-0.2, -0.15) is 5.06 Å². The molecule has 0 spiro atoms. The summed E-state index contributed by atoms with van der Waals surface area (Å²) in [4.78, 5) is 5.73. The first-order valence-electron chi connectivity index (χ1n) is 5.12. The molecule has 1 rings (SSSR count). The van der Waals surface area contributed by atoms with Crippen LogP contribution in [-0.4, -0.2) is 23.8 Å². The molecule has 0 N–H and O–H groups in total. The highest BCUT2D eigenvalue weighted by Crippen LogP contribution is 2.34. The van der Waals surface area contributed by atoms with Crippen LogP contribution in [0.2, 0.25) is 0 Å². The van der Waals surface area contributed by atoms with Crippen molar-refractivity contribution < 1.29 is 4.84 Å². The van der Waals surface area contributed by atoms with E-state index in [0.717, 1.165) is 19.0 Å². The zero-order valence-electron chi connectivity index (χ0n) is 9.85. The minimum absolute atomic E-state index is 0.0388. The van der Waals surface area contributed by atoms with Crippen molar-refractivity contribution in [2.24, 2.45) is 11.3 Å². The van der Waals surface area contributed by atoms with Crippen LogP contribution in [0.5, 0.6) is 0 Å². The lowest BCUT2D eigenvalue weighted by atomic mass is 9.77. The predicted octanol–water partition coefficient (Wildman–Crippen LogP) is 2.69. The Morgan fingerprint density at radius 1 is 1.00 bits per heavy atom. The molecule has 0 amide bonds. The van der Waals surface area contributed by atoms with Gasteiger partial charge in [0.05, 0.1) is 5.60 Å². The van der Waals surface area contributed by atoms with Crippen molar-refractivity contribution in [3.63, 3.8) is 0 Å². The summed E-state index contributed by atoms with van der Waals surface area (Å²) < 4.78 is 0. The van der Waals surface area contributed by atoms with Crippen molar-refractivity contribution in [1.29, 1.82) is 0 Å². The maximum atomic E-state index is 5.73. The first kappa shape index (κ1) is 11.0. The van der Waals surface area contributed by atoms with Gasteiger partial charge in [-0.1, -0.05) is 20.8 Å². The first-order valence-corrected chi connectivity index (χ1v) is 5.12. The van der Waals surface area contributed by atoms with Gasteiger partial charge < -0.3 is 0 Å². The quantitative estimate of drug-likeness (QED) is 0.623. The summed E-state index contributed by atoms with van der Waals surface area (Å²) in [5, 5.41) is 2.08. The highest BCUT2D eigenvalue weighted by Gasteiger charge is 2.37. The molecule has 1 saturated heterocycles. The average molecular weight is 185 g/mol. The fraction of sp³-hybridized carbons (Fsp3) is 1.00. The Morgan fingerprint density at radius 3 is 1.77 bits per heavy atom. The second-order valence-electron chi connectivity index (χ2n) is 6.11. The normalized spacial score (nSPS) is 21.7. The lowest BCUT2D eigenvalue weighted by Gasteiger charge is -2.47. The van der Waals surface area contributed by atoms with Gasteiger partial charge >= 0.3 is 0 Å². The van der Waals surface area contributed by atoms with Crippen LogP contribution in [0, 0.1) is 11.3 Å². The summed E-state index contributed by atoms with van der Waals surface area (Å²) in [5.74, 6) is 0.787. The smallest absolute Gasteiger partial charge is 0.0815 e. The molecule has 0 aliphatic carbocycles. The highest BCUT2D eigenvalue weighted by atomic mass is 16.7. The zero-order valence-corrected chi connectivity index (χ0v) is 9.85. The van der Waals surface area contributed by atoms with E-state index in [4.69, 9.17) is 4.84 Å².